The molecule has 0 radical (unpaired) electrons. The van der Waals surface area contributed by atoms with Crippen LogP contribution in [-0.2, 0) is 24.5 Å². The van der Waals surface area contributed by atoms with Crippen molar-refractivity contribution >= 4 is 28.7 Å². The molecule has 0 amide bonds. The lowest BCUT2D eigenvalue weighted by molar-refractivity contribution is -0.138. The van der Waals surface area contributed by atoms with Crippen molar-refractivity contribution in [3.8, 4) is 11.5 Å². The van der Waals surface area contributed by atoms with Crippen molar-refractivity contribution in [2.45, 2.75) is 26.2 Å². The van der Waals surface area contributed by atoms with E-state index in [0.717, 1.165) is 11.6 Å². The summed E-state index contributed by atoms with van der Waals surface area (Å²) < 4.78 is 15.2. The molecule has 0 atom stereocenters. The summed E-state index contributed by atoms with van der Waals surface area (Å²) >= 11 is 0. The van der Waals surface area contributed by atoms with Gasteiger partial charge in [0, 0.05) is 17.3 Å². The van der Waals surface area contributed by atoms with Crippen molar-refractivity contribution in [2.75, 3.05) is 19.5 Å². The normalized spacial score (nSPS) is 12.0. The van der Waals surface area contributed by atoms with Gasteiger partial charge in [-0.3, -0.25) is 0 Å². The Hall–Kier alpha value is -3.61. The predicted octanol–water partition coefficient (Wildman–Crippen LogP) is 4.43. The van der Waals surface area contributed by atoms with Crippen LogP contribution in [0.3, 0.4) is 0 Å². The highest BCUT2D eigenvalue weighted by atomic mass is 16.5. The van der Waals surface area contributed by atoms with Gasteiger partial charge < -0.3 is 19.2 Å². The molecule has 156 valence electrons. The second kappa shape index (κ2) is 8.41. The third kappa shape index (κ3) is 4.68. The summed E-state index contributed by atoms with van der Waals surface area (Å²) in [5, 5.41) is 2.86. The minimum absolute atomic E-state index is 0.0544. The van der Waals surface area contributed by atoms with Crippen molar-refractivity contribution < 1.29 is 23.5 Å². The number of carbonyl (C=O) groups is 2. The van der Waals surface area contributed by atoms with Crippen LogP contribution in [0.5, 0.6) is 0 Å². The highest BCUT2D eigenvalue weighted by molar-refractivity contribution is 5.99. The monoisotopic (exact) mass is 408 g/mol. The van der Waals surface area contributed by atoms with Crippen molar-refractivity contribution in [1.29, 1.82) is 0 Å². The van der Waals surface area contributed by atoms with Gasteiger partial charge in [0.05, 0.1) is 20.3 Å². The Labute approximate surface area is 174 Å². The maximum absolute atomic E-state index is 11.9. The summed E-state index contributed by atoms with van der Waals surface area (Å²) in [5.41, 5.74) is 3.85. The van der Waals surface area contributed by atoms with Gasteiger partial charge in [0.15, 0.2) is 5.58 Å². The van der Waals surface area contributed by atoms with Gasteiger partial charge in [-0.2, -0.15) is 0 Å². The number of nitrogens with one attached hydrogen (secondary N) is 1. The molecule has 0 fully saturated rings. The van der Waals surface area contributed by atoms with Crippen molar-refractivity contribution in [3.05, 3.63) is 59.8 Å². The van der Waals surface area contributed by atoms with E-state index in [-0.39, 0.29) is 11.1 Å². The van der Waals surface area contributed by atoms with E-state index in [0.29, 0.717) is 22.7 Å². The maximum atomic E-state index is 11.9. The molecule has 1 aromatic heterocycles. The second-order valence-electron chi connectivity index (χ2n) is 7.73. The molecule has 0 bridgehead atoms. The highest BCUT2D eigenvalue weighted by Crippen LogP contribution is 2.29. The van der Waals surface area contributed by atoms with Gasteiger partial charge in [0.2, 0.25) is 5.89 Å². The molecule has 0 unspecified atom stereocenters. The fourth-order valence-corrected chi connectivity index (χ4v) is 2.83. The molecule has 0 aliphatic carbocycles. The van der Waals surface area contributed by atoms with Crippen molar-refractivity contribution in [1.82, 2.24) is 4.98 Å². The Morgan fingerprint density at radius 3 is 2.33 bits per heavy atom. The molecule has 7 heteroatoms. The van der Waals surface area contributed by atoms with E-state index in [1.807, 2.05) is 12.1 Å². The molecule has 0 aliphatic rings. The van der Waals surface area contributed by atoms with Crippen LogP contribution in [0.25, 0.3) is 22.6 Å². The average molecular weight is 408 g/mol. The number of aromatic nitrogens is 1. The van der Waals surface area contributed by atoms with E-state index >= 15 is 0 Å². The summed E-state index contributed by atoms with van der Waals surface area (Å²) in [5.74, 6) is -0.872. The molecule has 3 rings (SSSR count). The Morgan fingerprint density at radius 2 is 1.73 bits per heavy atom. The van der Waals surface area contributed by atoms with E-state index in [4.69, 9.17) is 9.15 Å². The number of hydrogen-bond acceptors (Lipinski definition) is 7. The summed E-state index contributed by atoms with van der Waals surface area (Å²) in [6, 6.07) is 13.3. The number of oxazole rings is 1. The molecular weight excluding hydrogens is 384 g/mol. The van der Waals surface area contributed by atoms with Gasteiger partial charge in [-0.1, -0.05) is 32.9 Å². The predicted molar refractivity (Wildman–Crippen MR) is 114 cm³/mol. The number of hydrogen-bond donors (Lipinski definition) is 1. The number of methoxy groups -OCH3 is 2. The molecule has 3 aromatic rings. The topological polar surface area (TPSA) is 90.7 Å². The fourth-order valence-electron chi connectivity index (χ4n) is 2.83. The molecule has 7 nitrogen and oxygen atoms in total. The Balaban J connectivity index is 1.89. The maximum Gasteiger partial charge on any atom is 0.354 e. The van der Waals surface area contributed by atoms with Crippen LogP contribution in [0, 0.1) is 0 Å². The smallest absolute Gasteiger partial charge is 0.354 e. The molecule has 0 saturated heterocycles. The minimum atomic E-state index is -0.697. The zero-order valence-corrected chi connectivity index (χ0v) is 17.6. The van der Waals surface area contributed by atoms with Gasteiger partial charge in [-0.15, -0.1) is 0 Å². The lowest BCUT2D eigenvalue weighted by atomic mass is 9.87. The van der Waals surface area contributed by atoms with Crippen molar-refractivity contribution in [2.24, 2.45) is 0 Å². The number of rotatable bonds is 5. The third-order valence-corrected chi connectivity index (χ3v) is 4.53. The number of fused-ring (bicyclic) bond motifs is 1. The third-order valence-electron chi connectivity index (χ3n) is 4.53. The largest absolute Gasteiger partial charge is 0.466 e. The number of anilines is 1. The van der Waals surface area contributed by atoms with Crippen LogP contribution < -0.4 is 5.32 Å². The van der Waals surface area contributed by atoms with E-state index in [1.54, 1.807) is 18.2 Å². The summed E-state index contributed by atoms with van der Waals surface area (Å²) in [6.07, 6.45) is 1.03. The summed E-state index contributed by atoms with van der Waals surface area (Å²) in [6.45, 7) is 6.48. The van der Waals surface area contributed by atoms with E-state index in [1.165, 1.54) is 19.8 Å². The lowest BCUT2D eigenvalue weighted by Crippen LogP contribution is -2.15. The number of nitrogens with zero attached hydrogens (tertiary/aromatic N) is 1. The minimum Gasteiger partial charge on any atom is -0.466 e. The molecule has 1 heterocycles. The molecule has 0 saturated carbocycles. The Morgan fingerprint density at radius 1 is 1.03 bits per heavy atom. The molecule has 0 spiro atoms. The standard InChI is InChI=1S/C23H24N2O5/c1-23(2,3)15-8-6-14(7-9-15)21-25-17-11-10-16(12-19(17)30-21)24-18(22(27)29-5)13-20(26)28-4/h6-13,24H,1-5H3/b18-13+. The first-order valence-electron chi connectivity index (χ1n) is 9.38. The highest BCUT2D eigenvalue weighted by Gasteiger charge is 2.16. The van der Waals surface area contributed by atoms with Crippen LogP contribution >= 0.6 is 0 Å². The number of ether oxygens (including phenoxy) is 2. The van der Waals surface area contributed by atoms with Crippen LogP contribution in [-0.4, -0.2) is 31.1 Å². The Kier molecular flexibility index (Phi) is 5.91. The van der Waals surface area contributed by atoms with Crippen LogP contribution in [0.2, 0.25) is 0 Å². The molecule has 0 aliphatic heterocycles. The first-order chi connectivity index (χ1) is 14.2. The van der Waals surface area contributed by atoms with E-state index < -0.39 is 11.9 Å². The van der Waals surface area contributed by atoms with Crippen LogP contribution in [0.4, 0.5) is 5.69 Å². The Bertz CT molecular complexity index is 1100. The van der Waals surface area contributed by atoms with Gasteiger partial charge in [0.1, 0.15) is 11.2 Å². The zero-order chi connectivity index (χ0) is 21.9. The zero-order valence-electron chi connectivity index (χ0n) is 17.6. The fraction of sp³-hybridized carbons (Fsp3) is 0.261. The average Bonchev–Trinajstić information content (AvgIpc) is 3.15. The first-order valence-corrected chi connectivity index (χ1v) is 9.38. The van der Waals surface area contributed by atoms with E-state index in [2.05, 4.69) is 47.9 Å². The quantitative estimate of drug-likeness (QED) is 0.493. The number of carbonyl (C=O) groups excluding carboxylic acids is 2. The van der Waals surface area contributed by atoms with E-state index in [9.17, 15) is 9.59 Å². The summed E-state index contributed by atoms with van der Waals surface area (Å²) in [4.78, 5) is 28.0. The van der Waals surface area contributed by atoms with Crippen molar-refractivity contribution in [3.63, 3.8) is 0 Å². The number of esters is 2. The van der Waals surface area contributed by atoms with Crippen LogP contribution in [0.1, 0.15) is 26.3 Å². The van der Waals surface area contributed by atoms with Gasteiger partial charge in [-0.25, -0.2) is 14.6 Å². The molecular formula is C23H24N2O5. The molecule has 30 heavy (non-hydrogen) atoms. The second-order valence-corrected chi connectivity index (χ2v) is 7.73. The summed E-state index contributed by atoms with van der Waals surface area (Å²) in [7, 11) is 2.45. The van der Waals surface area contributed by atoms with Gasteiger partial charge >= 0.3 is 11.9 Å². The SMILES string of the molecule is COC(=O)/C=C(/Nc1ccc2nc(-c3ccc(C(C)(C)C)cc3)oc2c1)C(=O)OC. The first kappa shape index (κ1) is 21.1. The van der Waals surface area contributed by atoms with Gasteiger partial charge in [0.25, 0.3) is 0 Å². The molecule has 1 N–H and O–H groups in total. The van der Waals surface area contributed by atoms with Gasteiger partial charge in [-0.05, 0) is 35.2 Å². The lowest BCUT2D eigenvalue weighted by Gasteiger charge is -2.18. The van der Waals surface area contributed by atoms with Crippen LogP contribution in [0.15, 0.2) is 58.7 Å². The molecule has 2 aromatic carbocycles. The number of benzene rings is 2.